The summed E-state index contributed by atoms with van der Waals surface area (Å²) in [5.41, 5.74) is 0.753. The highest BCUT2D eigenvalue weighted by molar-refractivity contribution is 7.92. The number of rotatable bonds is 3. The summed E-state index contributed by atoms with van der Waals surface area (Å²) < 4.78 is 26.3. The van der Waals surface area contributed by atoms with Gasteiger partial charge >= 0.3 is 11.7 Å². The van der Waals surface area contributed by atoms with Gasteiger partial charge in [0.2, 0.25) is 0 Å². The van der Waals surface area contributed by atoms with E-state index in [9.17, 15) is 18.0 Å². The maximum atomic E-state index is 11.8. The molecule has 2 aromatic rings. The predicted octanol–water partition coefficient (Wildman–Crippen LogP) is -0.265. The first-order valence-corrected chi connectivity index (χ1v) is 6.99. The predicted molar refractivity (Wildman–Crippen MR) is 67.8 cm³/mol. The number of carboxylic acids is 1. The van der Waals surface area contributed by atoms with Crippen LogP contribution in [0.2, 0.25) is 0 Å². The number of aliphatic carboxylic acids is 1. The van der Waals surface area contributed by atoms with Crippen molar-refractivity contribution in [2.75, 3.05) is 5.75 Å². The number of hydrogen-bond acceptors (Lipinski definition) is 4. The van der Waals surface area contributed by atoms with E-state index in [0.29, 0.717) is 11.0 Å². The molecule has 0 saturated heterocycles. The van der Waals surface area contributed by atoms with Gasteiger partial charge in [0.15, 0.2) is 15.6 Å². The minimum atomic E-state index is -3.90. The van der Waals surface area contributed by atoms with Crippen molar-refractivity contribution in [3.8, 4) is 0 Å². The molecule has 0 amide bonds. The van der Waals surface area contributed by atoms with Gasteiger partial charge in [-0.1, -0.05) is 0 Å². The molecule has 1 aromatic heterocycles. The van der Waals surface area contributed by atoms with Crippen LogP contribution in [-0.4, -0.2) is 34.4 Å². The summed E-state index contributed by atoms with van der Waals surface area (Å²) >= 11 is 0. The Kier molecular flexibility index (Phi) is 2.97. The molecule has 1 heterocycles. The number of aromatic nitrogens is 2. The zero-order valence-corrected chi connectivity index (χ0v) is 11.1. The third-order valence-corrected chi connectivity index (χ3v) is 4.52. The Labute approximate surface area is 108 Å². The van der Waals surface area contributed by atoms with E-state index in [-0.39, 0.29) is 10.6 Å². The summed E-state index contributed by atoms with van der Waals surface area (Å²) in [7, 11) is -0.790. The lowest BCUT2D eigenvalue weighted by Crippen LogP contribution is -2.19. The Bertz CT molecular complexity index is 829. The minimum absolute atomic E-state index is 0.108. The number of carboxylic acid groups (broad SMARTS) is 1. The summed E-state index contributed by atoms with van der Waals surface area (Å²) in [6, 6.07) is 4.11. The second-order valence-electron chi connectivity index (χ2n) is 4.20. The van der Waals surface area contributed by atoms with Crippen LogP contribution in [0.15, 0.2) is 27.9 Å². The van der Waals surface area contributed by atoms with E-state index in [1.165, 1.54) is 34.4 Å². The molecule has 0 unspecified atom stereocenters. The van der Waals surface area contributed by atoms with Crippen LogP contribution >= 0.6 is 0 Å². The first kappa shape index (κ1) is 13.3. The lowest BCUT2D eigenvalue weighted by atomic mass is 10.3. The molecule has 0 radical (unpaired) electrons. The van der Waals surface area contributed by atoms with Gasteiger partial charge in [-0.2, -0.15) is 0 Å². The Morgan fingerprint density at radius 2 is 1.79 bits per heavy atom. The van der Waals surface area contributed by atoms with E-state index >= 15 is 0 Å². The molecule has 0 aliphatic heterocycles. The van der Waals surface area contributed by atoms with E-state index in [2.05, 4.69) is 0 Å². The Morgan fingerprint density at radius 1 is 1.21 bits per heavy atom. The van der Waals surface area contributed by atoms with Crippen LogP contribution < -0.4 is 5.69 Å². The van der Waals surface area contributed by atoms with Crippen molar-refractivity contribution >= 4 is 26.8 Å². The molecular weight excluding hydrogens is 272 g/mol. The summed E-state index contributed by atoms with van der Waals surface area (Å²) in [6.45, 7) is 0. The zero-order valence-electron chi connectivity index (χ0n) is 10.3. The quantitative estimate of drug-likeness (QED) is 0.837. The van der Waals surface area contributed by atoms with E-state index in [0.717, 1.165) is 0 Å². The monoisotopic (exact) mass is 284 g/mol. The Morgan fingerprint density at radius 3 is 2.37 bits per heavy atom. The van der Waals surface area contributed by atoms with Gasteiger partial charge in [0.1, 0.15) is 0 Å². The summed E-state index contributed by atoms with van der Waals surface area (Å²) in [4.78, 5) is 22.1. The van der Waals surface area contributed by atoms with Gasteiger partial charge in [0.25, 0.3) is 0 Å². The maximum Gasteiger partial charge on any atom is 0.328 e. The van der Waals surface area contributed by atoms with Crippen molar-refractivity contribution < 1.29 is 18.3 Å². The van der Waals surface area contributed by atoms with E-state index in [1.54, 1.807) is 7.05 Å². The van der Waals surface area contributed by atoms with Crippen LogP contribution in [0.3, 0.4) is 0 Å². The molecule has 0 atom stereocenters. The van der Waals surface area contributed by atoms with Crippen molar-refractivity contribution in [2.24, 2.45) is 14.1 Å². The fraction of sp³-hybridized carbons (Fsp3) is 0.273. The molecule has 102 valence electrons. The van der Waals surface area contributed by atoms with Gasteiger partial charge in [-0.25, -0.2) is 13.2 Å². The second-order valence-corrected chi connectivity index (χ2v) is 6.19. The first-order chi connectivity index (χ1) is 8.74. The third kappa shape index (κ3) is 2.14. The van der Waals surface area contributed by atoms with Crippen LogP contribution in [0.1, 0.15) is 0 Å². The fourth-order valence-corrected chi connectivity index (χ4v) is 2.98. The highest BCUT2D eigenvalue weighted by atomic mass is 32.2. The molecule has 0 saturated carbocycles. The topological polar surface area (TPSA) is 98.4 Å². The van der Waals surface area contributed by atoms with Crippen molar-refractivity contribution in [1.82, 2.24) is 9.13 Å². The molecule has 0 aliphatic carbocycles. The Balaban J connectivity index is 2.70. The maximum absolute atomic E-state index is 11.8. The number of hydrogen-bond donors (Lipinski definition) is 1. The van der Waals surface area contributed by atoms with Crippen molar-refractivity contribution in [3.05, 3.63) is 28.7 Å². The molecule has 0 bridgehead atoms. The van der Waals surface area contributed by atoms with E-state index in [1.807, 2.05) is 0 Å². The van der Waals surface area contributed by atoms with Crippen LogP contribution in [0, 0.1) is 0 Å². The van der Waals surface area contributed by atoms with Gasteiger partial charge in [-0.15, -0.1) is 0 Å². The highest BCUT2D eigenvalue weighted by Crippen LogP contribution is 2.18. The summed E-state index contributed by atoms with van der Waals surface area (Å²) in [5, 5.41) is 8.59. The van der Waals surface area contributed by atoms with Gasteiger partial charge < -0.3 is 5.11 Å². The Hall–Kier alpha value is -2.09. The molecule has 8 heteroatoms. The number of carbonyl (C=O) groups is 1. The lowest BCUT2D eigenvalue weighted by Gasteiger charge is -2.02. The second kappa shape index (κ2) is 4.23. The van der Waals surface area contributed by atoms with Crippen molar-refractivity contribution in [3.63, 3.8) is 0 Å². The van der Waals surface area contributed by atoms with Gasteiger partial charge in [0, 0.05) is 14.1 Å². The molecule has 2 rings (SSSR count). The highest BCUT2D eigenvalue weighted by Gasteiger charge is 2.20. The lowest BCUT2D eigenvalue weighted by molar-refractivity contribution is -0.134. The molecule has 0 spiro atoms. The number of aryl methyl sites for hydroxylation is 2. The summed E-state index contributed by atoms with van der Waals surface area (Å²) in [5.74, 6) is -2.39. The number of fused-ring (bicyclic) bond motifs is 1. The molecule has 1 N–H and O–H groups in total. The van der Waals surface area contributed by atoms with Crippen molar-refractivity contribution in [2.45, 2.75) is 4.90 Å². The largest absolute Gasteiger partial charge is 0.480 e. The average molecular weight is 284 g/mol. The fourth-order valence-electron chi connectivity index (χ4n) is 1.93. The molecule has 19 heavy (non-hydrogen) atoms. The number of benzene rings is 1. The van der Waals surface area contributed by atoms with E-state index in [4.69, 9.17) is 5.11 Å². The van der Waals surface area contributed by atoms with E-state index < -0.39 is 21.6 Å². The zero-order chi connectivity index (χ0) is 14.4. The standard InChI is InChI=1S/C11H12N2O5S/c1-12-8-4-3-7(19(17,18)6-10(14)15)5-9(8)13(2)11(12)16/h3-5H,6H2,1-2H3,(H,14,15). The SMILES string of the molecule is Cn1c(=O)n(C)c2cc(S(=O)(=O)CC(=O)O)ccc21. The molecule has 1 aromatic carbocycles. The summed E-state index contributed by atoms with van der Waals surface area (Å²) in [6.07, 6.45) is 0. The average Bonchev–Trinajstić information content (AvgIpc) is 2.53. The van der Waals surface area contributed by atoms with Gasteiger partial charge in [-0.3, -0.25) is 13.9 Å². The molecule has 7 nitrogen and oxygen atoms in total. The molecule has 0 fully saturated rings. The first-order valence-electron chi connectivity index (χ1n) is 5.34. The number of imidazole rings is 1. The normalized spacial score (nSPS) is 11.9. The third-order valence-electron chi connectivity index (χ3n) is 2.92. The van der Waals surface area contributed by atoms with Crippen molar-refractivity contribution in [1.29, 1.82) is 0 Å². The van der Waals surface area contributed by atoms with Crippen LogP contribution in [0.4, 0.5) is 0 Å². The van der Waals surface area contributed by atoms with Crippen LogP contribution in [-0.2, 0) is 28.7 Å². The number of nitrogens with zero attached hydrogens (tertiary/aromatic N) is 2. The van der Waals surface area contributed by atoms with Crippen LogP contribution in [0.25, 0.3) is 11.0 Å². The van der Waals surface area contributed by atoms with Gasteiger partial charge in [0.05, 0.1) is 15.9 Å². The molecule has 0 aliphatic rings. The molecular formula is C11H12N2O5S. The minimum Gasteiger partial charge on any atom is -0.480 e. The smallest absolute Gasteiger partial charge is 0.328 e. The number of sulfone groups is 1. The van der Waals surface area contributed by atoms with Crippen LogP contribution in [0.5, 0.6) is 0 Å². The van der Waals surface area contributed by atoms with Gasteiger partial charge in [-0.05, 0) is 18.2 Å².